The molecule has 0 saturated carbocycles. The van der Waals surface area contributed by atoms with Crippen LogP contribution in [0.5, 0.6) is 11.5 Å². The smallest absolute Gasteiger partial charge is 0.162 e. The standard InChI is InChI=1S/C15H15F2NO2/c1-19-14-5-3-2-4-11(14)15(9-18)20-10-6-7-12(16)13(17)8-10/h2-8,15H,9,18H2,1H3. The zero-order valence-corrected chi connectivity index (χ0v) is 11.0. The quantitative estimate of drug-likeness (QED) is 0.915. The first-order valence-electron chi connectivity index (χ1n) is 6.10. The van der Waals surface area contributed by atoms with Crippen molar-refractivity contribution in [2.45, 2.75) is 6.10 Å². The van der Waals surface area contributed by atoms with Crippen LogP contribution in [0.1, 0.15) is 11.7 Å². The summed E-state index contributed by atoms with van der Waals surface area (Å²) >= 11 is 0. The molecule has 0 radical (unpaired) electrons. The molecule has 2 aromatic rings. The van der Waals surface area contributed by atoms with Crippen molar-refractivity contribution in [1.82, 2.24) is 0 Å². The van der Waals surface area contributed by atoms with Crippen molar-refractivity contribution in [2.75, 3.05) is 13.7 Å². The molecule has 0 aliphatic carbocycles. The Bertz CT molecular complexity index is 590. The highest BCUT2D eigenvalue weighted by Gasteiger charge is 2.16. The highest BCUT2D eigenvalue weighted by molar-refractivity contribution is 5.36. The molecule has 0 heterocycles. The Morgan fingerprint density at radius 2 is 1.85 bits per heavy atom. The van der Waals surface area contributed by atoms with Gasteiger partial charge in [0.15, 0.2) is 11.6 Å². The fraction of sp³-hybridized carbons (Fsp3) is 0.200. The van der Waals surface area contributed by atoms with Crippen molar-refractivity contribution in [1.29, 1.82) is 0 Å². The predicted octanol–water partition coefficient (Wildman–Crippen LogP) is 3.05. The van der Waals surface area contributed by atoms with E-state index in [9.17, 15) is 8.78 Å². The van der Waals surface area contributed by atoms with Crippen LogP contribution in [0.2, 0.25) is 0 Å². The largest absolute Gasteiger partial charge is 0.496 e. The predicted molar refractivity (Wildman–Crippen MR) is 71.8 cm³/mol. The molecule has 5 heteroatoms. The molecule has 0 saturated heterocycles. The van der Waals surface area contributed by atoms with Crippen LogP contribution in [0, 0.1) is 11.6 Å². The average molecular weight is 279 g/mol. The van der Waals surface area contributed by atoms with E-state index in [0.29, 0.717) is 5.75 Å². The minimum absolute atomic E-state index is 0.180. The molecule has 20 heavy (non-hydrogen) atoms. The number of ether oxygens (including phenoxy) is 2. The van der Waals surface area contributed by atoms with Gasteiger partial charge in [0.2, 0.25) is 0 Å². The summed E-state index contributed by atoms with van der Waals surface area (Å²) in [5.41, 5.74) is 6.45. The lowest BCUT2D eigenvalue weighted by atomic mass is 10.1. The summed E-state index contributed by atoms with van der Waals surface area (Å²) in [4.78, 5) is 0. The van der Waals surface area contributed by atoms with E-state index < -0.39 is 17.7 Å². The van der Waals surface area contributed by atoms with Gasteiger partial charge in [0, 0.05) is 18.2 Å². The monoisotopic (exact) mass is 279 g/mol. The van der Waals surface area contributed by atoms with Gasteiger partial charge < -0.3 is 15.2 Å². The van der Waals surface area contributed by atoms with E-state index >= 15 is 0 Å². The molecule has 3 nitrogen and oxygen atoms in total. The molecule has 106 valence electrons. The Hall–Kier alpha value is -2.14. The minimum Gasteiger partial charge on any atom is -0.496 e. The van der Waals surface area contributed by atoms with E-state index in [1.54, 1.807) is 13.2 Å². The first-order chi connectivity index (χ1) is 9.65. The summed E-state index contributed by atoms with van der Waals surface area (Å²) in [6.07, 6.45) is -0.504. The molecule has 0 spiro atoms. The Labute approximate surface area is 115 Å². The SMILES string of the molecule is COc1ccccc1C(CN)Oc1ccc(F)c(F)c1. The number of hydrogen-bond acceptors (Lipinski definition) is 3. The third-order valence-corrected chi connectivity index (χ3v) is 2.87. The molecule has 1 atom stereocenters. The van der Waals surface area contributed by atoms with Gasteiger partial charge in [-0.15, -0.1) is 0 Å². The number of methoxy groups -OCH3 is 1. The topological polar surface area (TPSA) is 44.5 Å². The van der Waals surface area contributed by atoms with Gasteiger partial charge in [-0.3, -0.25) is 0 Å². The molecule has 0 fully saturated rings. The number of para-hydroxylation sites is 1. The first kappa shape index (κ1) is 14.3. The third kappa shape index (κ3) is 3.05. The van der Waals surface area contributed by atoms with Gasteiger partial charge >= 0.3 is 0 Å². The second-order valence-corrected chi connectivity index (χ2v) is 4.16. The number of nitrogens with two attached hydrogens (primary N) is 1. The minimum atomic E-state index is -0.960. The van der Waals surface area contributed by atoms with Gasteiger partial charge in [-0.25, -0.2) is 8.78 Å². The first-order valence-corrected chi connectivity index (χ1v) is 6.10. The van der Waals surface area contributed by atoms with Gasteiger partial charge in [0.1, 0.15) is 17.6 Å². The van der Waals surface area contributed by atoms with Crippen molar-refractivity contribution in [3.8, 4) is 11.5 Å². The lowest BCUT2D eigenvalue weighted by molar-refractivity contribution is 0.207. The van der Waals surface area contributed by atoms with Gasteiger partial charge in [-0.05, 0) is 18.2 Å². The molecular formula is C15H15F2NO2. The summed E-state index contributed by atoms with van der Waals surface area (Å²) in [6.45, 7) is 0.180. The molecular weight excluding hydrogens is 264 g/mol. The highest BCUT2D eigenvalue weighted by Crippen LogP contribution is 2.29. The van der Waals surface area contributed by atoms with E-state index in [2.05, 4.69) is 0 Å². The van der Waals surface area contributed by atoms with Crippen molar-refractivity contribution < 1.29 is 18.3 Å². The van der Waals surface area contributed by atoms with Crippen molar-refractivity contribution >= 4 is 0 Å². The molecule has 0 aromatic heterocycles. The van der Waals surface area contributed by atoms with E-state index in [-0.39, 0.29) is 12.3 Å². The molecule has 2 rings (SSSR count). The summed E-state index contributed by atoms with van der Waals surface area (Å²) in [7, 11) is 1.55. The maximum atomic E-state index is 13.2. The summed E-state index contributed by atoms with van der Waals surface area (Å²) in [5, 5.41) is 0. The second-order valence-electron chi connectivity index (χ2n) is 4.16. The van der Waals surface area contributed by atoms with Gasteiger partial charge in [-0.2, -0.15) is 0 Å². The molecule has 0 bridgehead atoms. The Balaban J connectivity index is 2.26. The van der Waals surface area contributed by atoms with Gasteiger partial charge in [0.05, 0.1) is 7.11 Å². The molecule has 0 aliphatic heterocycles. The van der Waals surface area contributed by atoms with E-state index in [0.717, 1.165) is 17.7 Å². The number of rotatable bonds is 5. The maximum absolute atomic E-state index is 13.2. The Kier molecular flexibility index (Phi) is 4.53. The fourth-order valence-corrected chi connectivity index (χ4v) is 1.89. The zero-order valence-electron chi connectivity index (χ0n) is 11.0. The normalized spacial score (nSPS) is 12.0. The molecule has 2 N–H and O–H groups in total. The summed E-state index contributed by atoms with van der Waals surface area (Å²) in [5.74, 6) is -1.03. The Morgan fingerprint density at radius 3 is 2.50 bits per heavy atom. The van der Waals surface area contributed by atoms with Crippen molar-refractivity contribution in [3.63, 3.8) is 0 Å². The van der Waals surface area contributed by atoms with Crippen LogP contribution in [0.15, 0.2) is 42.5 Å². The molecule has 1 unspecified atom stereocenters. The van der Waals surface area contributed by atoms with E-state index in [4.69, 9.17) is 15.2 Å². The van der Waals surface area contributed by atoms with Crippen LogP contribution >= 0.6 is 0 Å². The second kappa shape index (κ2) is 6.34. The average Bonchev–Trinajstić information content (AvgIpc) is 2.48. The zero-order chi connectivity index (χ0) is 14.5. The number of hydrogen-bond donors (Lipinski definition) is 1. The number of halogens is 2. The van der Waals surface area contributed by atoms with E-state index in [1.165, 1.54) is 6.07 Å². The maximum Gasteiger partial charge on any atom is 0.162 e. The lowest BCUT2D eigenvalue weighted by Crippen LogP contribution is -2.19. The van der Waals surface area contributed by atoms with Crippen LogP contribution < -0.4 is 15.2 Å². The Morgan fingerprint density at radius 1 is 1.10 bits per heavy atom. The summed E-state index contributed by atoms with van der Waals surface area (Å²) in [6, 6.07) is 10.6. The van der Waals surface area contributed by atoms with Crippen LogP contribution in [0.25, 0.3) is 0 Å². The van der Waals surface area contributed by atoms with E-state index in [1.807, 2.05) is 18.2 Å². The third-order valence-electron chi connectivity index (χ3n) is 2.87. The fourth-order valence-electron chi connectivity index (χ4n) is 1.89. The van der Waals surface area contributed by atoms with Crippen LogP contribution in [0.4, 0.5) is 8.78 Å². The molecule has 2 aromatic carbocycles. The molecule has 0 amide bonds. The van der Waals surface area contributed by atoms with Gasteiger partial charge in [-0.1, -0.05) is 18.2 Å². The van der Waals surface area contributed by atoms with Crippen LogP contribution in [-0.2, 0) is 0 Å². The molecule has 0 aliphatic rings. The van der Waals surface area contributed by atoms with Gasteiger partial charge in [0.25, 0.3) is 0 Å². The van der Waals surface area contributed by atoms with Crippen LogP contribution in [-0.4, -0.2) is 13.7 Å². The summed E-state index contributed by atoms with van der Waals surface area (Å²) < 4.78 is 36.9. The lowest BCUT2D eigenvalue weighted by Gasteiger charge is -2.20. The van der Waals surface area contributed by atoms with Crippen molar-refractivity contribution in [2.24, 2.45) is 5.73 Å². The van der Waals surface area contributed by atoms with Crippen molar-refractivity contribution in [3.05, 3.63) is 59.7 Å². The highest BCUT2D eigenvalue weighted by atomic mass is 19.2. The number of benzene rings is 2. The van der Waals surface area contributed by atoms with Crippen LogP contribution in [0.3, 0.4) is 0 Å².